The third-order valence-corrected chi connectivity index (χ3v) is 2.69. The molecule has 4 nitrogen and oxygen atoms in total. The van der Waals surface area contributed by atoms with Crippen LogP contribution in [-0.2, 0) is 0 Å². The average molecular weight is 255 g/mol. The van der Waals surface area contributed by atoms with Crippen molar-refractivity contribution in [2.24, 2.45) is 0 Å². The molecule has 1 aromatic heterocycles. The van der Waals surface area contributed by atoms with Crippen molar-refractivity contribution in [3.05, 3.63) is 36.0 Å². The Kier molecular flexibility index (Phi) is 3.14. The van der Waals surface area contributed by atoms with Crippen LogP contribution in [-0.4, -0.2) is 21.7 Å². The van der Waals surface area contributed by atoms with Gasteiger partial charge in [-0.3, -0.25) is 0 Å². The molecule has 2 rings (SSSR count). The molecule has 4 heteroatoms. The highest BCUT2D eigenvalue weighted by Crippen LogP contribution is 2.28. The number of pyridine rings is 1. The van der Waals surface area contributed by atoms with Gasteiger partial charge < -0.3 is 9.84 Å². The summed E-state index contributed by atoms with van der Waals surface area (Å²) in [7, 11) is 0. The lowest BCUT2D eigenvalue weighted by atomic mass is 10.1. The van der Waals surface area contributed by atoms with Gasteiger partial charge in [-0.15, -0.1) is 6.42 Å². The van der Waals surface area contributed by atoms with Crippen molar-refractivity contribution in [3.63, 3.8) is 0 Å². The molecule has 2 aromatic rings. The first-order chi connectivity index (χ1) is 8.94. The highest BCUT2D eigenvalue weighted by molar-refractivity contribution is 6.04. The number of carbonyl (C=O) groups is 1. The van der Waals surface area contributed by atoms with Crippen LogP contribution in [0.15, 0.2) is 30.5 Å². The zero-order chi connectivity index (χ0) is 14.0. The molecule has 0 atom stereocenters. The number of hydrogen-bond acceptors (Lipinski definition) is 3. The van der Waals surface area contributed by atoms with Crippen LogP contribution in [0.4, 0.5) is 0 Å². The molecule has 1 aromatic carbocycles. The van der Waals surface area contributed by atoms with Crippen molar-refractivity contribution < 1.29 is 14.6 Å². The van der Waals surface area contributed by atoms with Crippen LogP contribution >= 0.6 is 0 Å². The summed E-state index contributed by atoms with van der Waals surface area (Å²) in [5, 5.41) is 10.3. The molecule has 0 saturated carbocycles. The minimum atomic E-state index is -1.02. The smallest absolute Gasteiger partial charge is 0.337 e. The molecule has 96 valence electrons. The number of terminal acetylenes is 1. The Bertz CT molecular complexity index is 683. The first kappa shape index (κ1) is 12.9. The van der Waals surface area contributed by atoms with Crippen molar-refractivity contribution in [2.45, 2.75) is 19.4 Å². The number of aromatic carboxylic acids is 1. The van der Waals surface area contributed by atoms with Crippen molar-refractivity contribution in [1.29, 1.82) is 0 Å². The number of carboxylic acids is 1. The third-order valence-electron chi connectivity index (χ3n) is 2.69. The van der Waals surface area contributed by atoms with Crippen LogP contribution in [0, 0.1) is 12.3 Å². The number of ether oxygens (including phenoxy) is 1. The van der Waals surface area contributed by atoms with Crippen LogP contribution < -0.4 is 4.74 Å². The van der Waals surface area contributed by atoms with Crippen molar-refractivity contribution >= 4 is 16.7 Å². The minimum Gasteiger partial charge on any atom is -0.478 e. The van der Waals surface area contributed by atoms with E-state index < -0.39 is 11.6 Å². The number of benzene rings is 1. The fourth-order valence-electron chi connectivity index (χ4n) is 1.69. The number of nitrogens with zero attached hydrogens (tertiary/aromatic N) is 1. The van der Waals surface area contributed by atoms with Crippen LogP contribution in [0.3, 0.4) is 0 Å². The molecule has 0 aliphatic carbocycles. The monoisotopic (exact) mass is 255 g/mol. The van der Waals surface area contributed by atoms with E-state index in [1.54, 1.807) is 38.1 Å². The number of aromatic nitrogens is 1. The number of fused-ring (bicyclic) bond motifs is 1. The number of carboxylic acid groups (broad SMARTS) is 1. The van der Waals surface area contributed by atoms with Gasteiger partial charge in [0.05, 0.1) is 5.56 Å². The summed E-state index contributed by atoms with van der Waals surface area (Å²) in [6.45, 7) is 3.49. The third kappa shape index (κ3) is 2.50. The average Bonchev–Trinajstić information content (AvgIpc) is 2.38. The maximum absolute atomic E-state index is 11.2. The summed E-state index contributed by atoms with van der Waals surface area (Å²) < 4.78 is 5.66. The van der Waals surface area contributed by atoms with E-state index in [0.717, 1.165) is 0 Å². The van der Waals surface area contributed by atoms with Crippen molar-refractivity contribution in [1.82, 2.24) is 4.98 Å². The first-order valence-corrected chi connectivity index (χ1v) is 5.72. The largest absolute Gasteiger partial charge is 0.478 e. The summed E-state index contributed by atoms with van der Waals surface area (Å²) >= 11 is 0. The van der Waals surface area contributed by atoms with E-state index in [1.165, 1.54) is 6.20 Å². The highest BCUT2D eigenvalue weighted by atomic mass is 16.5. The maximum atomic E-state index is 11.2. The van der Waals surface area contributed by atoms with E-state index in [2.05, 4.69) is 10.9 Å². The van der Waals surface area contributed by atoms with Gasteiger partial charge in [0.1, 0.15) is 0 Å². The molecule has 1 N–H and O–H groups in total. The van der Waals surface area contributed by atoms with E-state index in [9.17, 15) is 4.79 Å². The van der Waals surface area contributed by atoms with E-state index in [-0.39, 0.29) is 5.56 Å². The molecule has 0 bridgehead atoms. The molecule has 0 radical (unpaired) electrons. The van der Waals surface area contributed by atoms with Gasteiger partial charge in [-0.2, -0.15) is 0 Å². The second kappa shape index (κ2) is 4.62. The van der Waals surface area contributed by atoms with Gasteiger partial charge in [-0.05, 0) is 19.9 Å². The van der Waals surface area contributed by atoms with Crippen LogP contribution in [0.2, 0.25) is 0 Å². The van der Waals surface area contributed by atoms with Gasteiger partial charge >= 0.3 is 5.97 Å². The number of hydrogen-bond donors (Lipinski definition) is 1. The first-order valence-electron chi connectivity index (χ1n) is 5.72. The summed E-state index contributed by atoms with van der Waals surface area (Å²) in [6.07, 6.45) is 6.66. The van der Waals surface area contributed by atoms with Gasteiger partial charge in [-0.25, -0.2) is 9.78 Å². The maximum Gasteiger partial charge on any atom is 0.337 e. The fourth-order valence-corrected chi connectivity index (χ4v) is 1.69. The quantitative estimate of drug-likeness (QED) is 0.857. The van der Waals surface area contributed by atoms with Gasteiger partial charge in [-0.1, -0.05) is 24.1 Å². The minimum absolute atomic E-state index is 0.140. The molecule has 1 heterocycles. The molecule has 0 spiro atoms. The summed E-state index contributed by atoms with van der Waals surface area (Å²) in [5.74, 6) is 1.83. The lowest BCUT2D eigenvalue weighted by Gasteiger charge is -2.20. The predicted molar refractivity (Wildman–Crippen MR) is 72.2 cm³/mol. The summed E-state index contributed by atoms with van der Waals surface area (Å²) in [6, 6.07) is 7.04. The second-order valence-electron chi connectivity index (χ2n) is 4.58. The van der Waals surface area contributed by atoms with Gasteiger partial charge in [0.2, 0.25) is 5.88 Å². The molecule has 0 saturated heterocycles. The molecule has 0 amide bonds. The summed E-state index contributed by atoms with van der Waals surface area (Å²) in [5.41, 5.74) is -0.665. The Morgan fingerprint density at radius 1 is 1.37 bits per heavy atom. The van der Waals surface area contributed by atoms with Gasteiger partial charge in [0, 0.05) is 17.0 Å². The Morgan fingerprint density at radius 3 is 2.58 bits per heavy atom. The lowest BCUT2D eigenvalue weighted by Crippen LogP contribution is -2.26. The van der Waals surface area contributed by atoms with Crippen LogP contribution in [0.1, 0.15) is 24.2 Å². The summed E-state index contributed by atoms with van der Waals surface area (Å²) in [4.78, 5) is 15.2. The fraction of sp³-hybridized carbons (Fsp3) is 0.200. The van der Waals surface area contributed by atoms with E-state index in [0.29, 0.717) is 16.7 Å². The molecule has 0 fully saturated rings. The zero-order valence-corrected chi connectivity index (χ0v) is 10.7. The molecule has 0 unspecified atom stereocenters. The van der Waals surface area contributed by atoms with Gasteiger partial charge in [0.25, 0.3) is 0 Å². The van der Waals surface area contributed by atoms with E-state index in [4.69, 9.17) is 16.3 Å². The SMILES string of the molecule is C#CC(C)(C)Oc1ncc(C(=O)O)c2ccccc12. The number of rotatable bonds is 3. The molecule has 19 heavy (non-hydrogen) atoms. The van der Waals surface area contributed by atoms with E-state index in [1.807, 2.05) is 0 Å². The standard InChI is InChI=1S/C15H13NO3/c1-4-15(2,3)19-13-11-8-6-5-7-10(11)12(9-16-13)14(17)18/h1,5-9H,2-3H3,(H,17,18). The lowest BCUT2D eigenvalue weighted by molar-refractivity contribution is 0.0698. The van der Waals surface area contributed by atoms with Crippen LogP contribution in [0.25, 0.3) is 10.8 Å². The molecule has 0 aliphatic rings. The second-order valence-corrected chi connectivity index (χ2v) is 4.58. The Morgan fingerprint density at radius 2 is 2.00 bits per heavy atom. The predicted octanol–water partition coefficient (Wildman–Crippen LogP) is 2.72. The Hall–Kier alpha value is -2.54. The van der Waals surface area contributed by atoms with E-state index >= 15 is 0 Å². The van der Waals surface area contributed by atoms with Crippen LogP contribution in [0.5, 0.6) is 5.88 Å². The molecular weight excluding hydrogens is 242 g/mol. The van der Waals surface area contributed by atoms with Gasteiger partial charge in [0.15, 0.2) is 5.60 Å². The molecular formula is C15H13NO3. The molecule has 0 aliphatic heterocycles. The zero-order valence-electron chi connectivity index (χ0n) is 10.7. The topological polar surface area (TPSA) is 59.4 Å². The van der Waals surface area contributed by atoms with Crippen molar-refractivity contribution in [3.8, 4) is 18.2 Å². The highest BCUT2D eigenvalue weighted by Gasteiger charge is 2.20. The van der Waals surface area contributed by atoms with Crippen molar-refractivity contribution in [2.75, 3.05) is 0 Å². The normalized spacial score (nSPS) is 11.0. The Balaban J connectivity index is 2.63. The Labute approximate surface area is 111 Å².